The van der Waals surface area contributed by atoms with E-state index in [1.807, 2.05) is 56.9 Å². The number of H-pyrrole nitrogens is 2. The molecular weight excluding hydrogens is 716 g/mol. The number of amides is 4. The van der Waals surface area contributed by atoms with Gasteiger partial charge in [0.05, 0.1) is 57.3 Å². The summed E-state index contributed by atoms with van der Waals surface area (Å²) < 4.78 is 15.3. The predicted octanol–water partition coefficient (Wildman–Crippen LogP) is 5.85. The van der Waals surface area contributed by atoms with Gasteiger partial charge in [-0.15, -0.1) is 0 Å². The van der Waals surface area contributed by atoms with Gasteiger partial charge < -0.3 is 44.6 Å². The number of aromatic amines is 2. The van der Waals surface area contributed by atoms with Gasteiger partial charge >= 0.3 is 12.2 Å². The number of hydrogen-bond donors (Lipinski definition) is 4. The summed E-state index contributed by atoms with van der Waals surface area (Å²) in [6.45, 7) is 9.20. The maximum Gasteiger partial charge on any atom is 0.407 e. The molecule has 0 aliphatic carbocycles. The van der Waals surface area contributed by atoms with E-state index in [1.165, 1.54) is 14.2 Å². The Balaban J connectivity index is 1.12. The predicted molar refractivity (Wildman–Crippen MR) is 209 cm³/mol. The highest BCUT2D eigenvalue weighted by Crippen LogP contribution is 2.33. The Morgan fingerprint density at radius 3 is 1.59 bits per heavy atom. The normalized spacial score (nSPS) is 18.4. The van der Waals surface area contributed by atoms with E-state index < -0.39 is 30.3 Å². The SMILES string of the molecule is COC(=O)N[C@H](C(=O)N1CCCCC1c1ncc(-c2ccc(-c3ccc(-c4cnc(C5COCCN5C(=O)[C@@H](NC(=O)OC)C(C)C)[nH]4)cc3)cc2)[nH]1)C(C)C. The van der Waals surface area contributed by atoms with Crippen LogP contribution >= 0.6 is 0 Å². The van der Waals surface area contributed by atoms with Gasteiger partial charge in [-0.2, -0.15) is 0 Å². The van der Waals surface area contributed by atoms with E-state index in [9.17, 15) is 19.2 Å². The second kappa shape index (κ2) is 17.8. The summed E-state index contributed by atoms with van der Waals surface area (Å²) in [5.41, 5.74) is 5.65. The lowest BCUT2D eigenvalue weighted by Crippen LogP contribution is -2.54. The van der Waals surface area contributed by atoms with E-state index in [2.05, 4.69) is 49.9 Å². The third-order valence-corrected chi connectivity index (χ3v) is 10.5. The molecule has 2 aromatic carbocycles. The number of carbonyl (C=O) groups is 4. The van der Waals surface area contributed by atoms with Gasteiger partial charge in [-0.3, -0.25) is 9.59 Å². The lowest BCUT2D eigenvalue weighted by atomic mass is 9.97. The third-order valence-electron chi connectivity index (χ3n) is 10.5. The molecule has 0 radical (unpaired) electrons. The number of morpholine rings is 1. The zero-order valence-corrected chi connectivity index (χ0v) is 32.8. The van der Waals surface area contributed by atoms with Crippen LogP contribution in [0.4, 0.5) is 9.59 Å². The van der Waals surface area contributed by atoms with Crippen molar-refractivity contribution < 1.29 is 33.4 Å². The van der Waals surface area contributed by atoms with Crippen LogP contribution in [0.3, 0.4) is 0 Å². The van der Waals surface area contributed by atoms with Crippen molar-refractivity contribution >= 4 is 24.0 Å². The number of aromatic nitrogens is 4. The van der Waals surface area contributed by atoms with Crippen LogP contribution in [0.2, 0.25) is 0 Å². The molecule has 2 aromatic heterocycles. The Hall–Kier alpha value is -5.70. The minimum atomic E-state index is -0.748. The smallest absolute Gasteiger partial charge is 0.407 e. The molecule has 2 unspecified atom stereocenters. The number of piperidine rings is 1. The number of alkyl carbamates (subject to hydrolysis) is 2. The van der Waals surface area contributed by atoms with Crippen LogP contribution in [-0.2, 0) is 23.8 Å². The number of methoxy groups -OCH3 is 2. The van der Waals surface area contributed by atoms with Crippen LogP contribution in [-0.4, -0.2) is 106 Å². The molecule has 0 bridgehead atoms. The number of ether oxygens (including phenoxy) is 3. The number of likely N-dealkylation sites (tertiary alicyclic amines) is 1. The van der Waals surface area contributed by atoms with Crippen LogP contribution in [0.25, 0.3) is 33.6 Å². The van der Waals surface area contributed by atoms with Gasteiger partial charge in [0.25, 0.3) is 0 Å². The number of hydrogen-bond acceptors (Lipinski definition) is 9. The van der Waals surface area contributed by atoms with Crippen molar-refractivity contribution in [1.29, 1.82) is 0 Å². The molecule has 4 aromatic rings. The van der Waals surface area contributed by atoms with Crippen molar-refractivity contribution in [2.45, 2.75) is 71.1 Å². The minimum absolute atomic E-state index is 0.112. The fraction of sp³-hybridized carbons (Fsp3) is 0.463. The number of carbonyl (C=O) groups excluding carboxylic acids is 4. The lowest BCUT2D eigenvalue weighted by Gasteiger charge is -2.37. The molecule has 0 saturated carbocycles. The summed E-state index contributed by atoms with van der Waals surface area (Å²) in [7, 11) is 2.56. The summed E-state index contributed by atoms with van der Waals surface area (Å²) in [5.74, 6) is 0.715. The van der Waals surface area contributed by atoms with E-state index in [0.29, 0.717) is 25.5 Å². The van der Waals surface area contributed by atoms with Crippen molar-refractivity contribution in [3.8, 4) is 33.6 Å². The van der Waals surface area contributed by atoms with Gasteiger partial charge in [0.15, 0.2) is 0 Å². The van der Waals surface area contributed by atoms with Crippen molar-refractivity contribution in [3.63, 3.8) is 0 Å². The first-order valence-corrected chi connectivity index (χ1v) is 19.2. The topological polar surface area (TPSA) is 184 Å². The van der Waals surface area contributed by atoms with Gasteiger partial charge in [0.1, 0.15) is 29.8 Å². The average Bonchev–Trinajstić information content (AvgIpc) is 3.93. The average molecular weight is 769 g/mol. The zero-order chi connectivity index (χ0) is 39.9. The summed E-state index contributed by atoms with van der Waals surface area (Å²) in [6, 6.07) is 14.3. The Kier molecular flexibility index (Phi) is 12.7. The lowest BCUT2D eigenvalue weighted by molar-refractivity contribution is -0.143. The van der Waals surface area contributed by atoms with E-state index in [1.54, 1.807) is 17.3 Å². The largest absolute Gasteiger partial charge is 0.453 e. The number of rotatable bonds is 11. The molecule has 2 fully saturated rings. The number of benzene rings is 2. The molecule has 6 rings (SSSR count). The molecule has 4 heterocycles. The summed E-state index contributed by atoms with van der Waals surface area (Å²) >= 11 is 0. The molecule has 4 atom stereocenters. The number of nitrogens with zero attached hydrogens (tertiary/aromatic N) is 4. The van der Waals surface area contributed by atoms with Crippen LogP contribution in [0.15, 0.2) is 60.9 Å². The van der Waals surface area contributed by atoms with E-state index in [4.69, 9.17) is 19.2 Å². The maximum atomic E-state index is 13.7. The Morgan fingerprint density at radius 1 is 0.679 bits per heavy atom. The molecule has 298 valence electrons. The highest BCUT2D eigenvalue weighted by Gasteiger charge is 2.38. The van der Waals surface area contributed by atoms with Gasteiger partial charge in [-0.05, 0) is 53.4 Å². The molecule has 4 N–H and O–H groups in total. The van der Waals surface area contributed by atoms with Gasteiger partial charge in [0, 0.05) is 13.1 Å². The molecule has 56 heavy (non-hydrogen) atoms. The molecule has 2 aliphatic rings. The molecule has 2 saturated heterocycles. The molecular formula is C41H52N8O7. The van der Waals surface area contributed by atoms with Crippen molar-refractivity contribution in [1.82, 2.24) is 40.4 Å². The van der Waals surface area contributed by atoms with Gasteiger partial charge in [0.2, 0.25) is 11.8 Å². The van der Waals surface area contributed by atoms with Crippen molar-refractivity contribution in [3.05, 3.63) is 72.6 Å². The summed E-state index contributed by atoms with van der Waals surface area (Å²) in [4.78, 5) is 71.0. The first-order valence-electron chi connectivity index (χ1n) is 19.2. The number of nitrogens with one attached hydrogen (secondary N) is 4. The summed E-state index contributed by atoms with van der Waals surface area (Å²) in [5, 5.41) is 5.38. The van der Waals surface area contributed by atoms with E-state index in [0.717, 1.165) is 58.7 Å². The second-order valence-electron chi connectivity index (χ2n) is 14.9. The Morgan fingerprint density at radius 2 is 1.12 bits per heavy atom. The first-order chi connectivity index (χ1) is 27.0. The Bertz CT molecular complexity index is 1830. The second-order valence-corrected chi connectivity index (χ2v) is 14.9. The molecule has 2 aliphatic heterocycles. The quantitative estimate of drug-likeness (QED) is 0.145. The maximum absolute atomic E-state index is 13.7. The molecule has 15 nitrogen and oxygen atoms in total. The van der Waals surface area contributed by atoms with Crippen LogP contribution in [0, 0.1) is 11.8 Å². The highest BCUT2D eigenvalue weighted by molar-refractivity contribution is 5.87. The third kappa shape index (κ3) is 8.88. The Labute approximate surface area is 326 Å². The molecule has 0 spiro atoms. The van der Waals surface area contributed by atoms with Gasteiger partial charge in [-0.1, -0.05) is 76.2 Å². The van der Waals surface area contributed by atoms with Crippen LogP contribution in [0.1, 0.15) is 70.7 Å². The summed E-state index contributed by atoms with van der Waals surface area (Å²) in [6.07, 6.45) is 4.92. The standard InChI is InChI=1S/C41H52N8O7/c1-24(2)34(46-40(52)54-5)38(50)48-18-8-7-9-32(48)36-42-21-30(44-36)28-14-10-26(11-15-28)27-12-16-29(17-13-27)31-22-43-37(45-31)33-23-56-20-19-49(33)39(51)35(25(3)4)47-41(53)55-6/h10-17,21-22,24-25,32-35H,7-9,18-20,23H2,1-6H3,(H,42,44)(H,43,45)(H,46,52)(H,47,53)/t32?,33?,34-,35-/m0/s1. The van der Waals surface area contributed by atoms with E-state index in [-0.39, 0.29) is 36.3 Å². The molecule has 4 amide bonds. The van der Waals surface area contributed by atoms with Crippen molar-refractivity contribution in [2.24, 2.45) is 11.8 Å². The zero-order valence-electron chi connectivity index (χ0n) is 32.8. The van der Waals surface area contributed by atoms with E-state index >= 15 is 0 Å². The first kappa shape index (κ1) is 40.0. The van der Waals surface area contributed by atoms with Crippen molar-refractivity contribution in [2.75, 3.05) is 40.5 Å². The number of imidazole rings is 2. The van der Waals surface area contributed by atoms with Crippen LogP contribution < -0.4 is 10.6 Å². The minimum Gasteiger partial charge on any atom is -0.453 e. The fourth-order valence-corrected chi connectivity index (χ4v) is 7.32. The van der Waals surface area contributed by atoms with Crippen LogP contribution in [0.5, 0.6) is 0 Å². The van der Waals surface area contributed by atoms with Gasteiger partial charge in [-0.25, -0.2) is 19.6 Å². The fourth-order valence-electron chi connectivity index (χ4n) is 7.32. The highest BCUT2D eigenvalue weighted by atomic mass is 16.5. The molecule has 15 heteroatoms. The monoisotopic (exact) mass is 768 g/mol.